The van der Waals surface area contributed by atoms with Crippen molar-refractivity contribution < 1.29 is 14.3 Å². The van der Waals surface area contributed by atoms with E-state index in [2.05, 4.69) is 15.4 Å². The Morgan fingerprint density at radius 2 is 1.78 bits per heavy atom. The first-order valence-corrected chi connectivity index (χ1v) is 7.45. The Kier molecular flexibility index (Phi) is 6.00. The minimum atomic E-state index is -0.503. The zero-order valence-corrected chi connectivity index (χ0v) is 13.4. The molecule has 0 aliphatic heterocycles. The molecule has 6 heteroatoms. The number of nitrogens with one attached hydrogen (secondary N) is 2. The smallest absolute Gasteiger partial charge is 0.339 e. The van der Waals surface area contributed by atoms with E-state index >= 15 is 0 Å². The van der Waals surface area contributed by atoms with Crippen molar-refractivity contribution in [3.8, 4) is 0 Å². The van der Waals surface area contributed by atoms with Crippen LogP contribution in [0.15, 0.2) is 48.5 Å². The SMILES string of the molecule is COC(=O)c1ccccc1NC(=O)NCCc1ccccc1Cl. The van der Waals surface area contributed by atoms with Crippen LogP contribution in [0.25, 0.3) is 0 Å². The van der Waals surface area contributed by atoms with E-state index in [1.54, 1.807) is 24.3 Å². The van der Waals surface area contributed by atoms with E-state index in [1.165, 1.54) is 7.11 Å². The van der Waals surface area contributed by atoms with E-state index in [0.29, 0.717) is 29.2 Å². The standard InChI is InChI=1S/C17H17ClN2O3/c1-23-16(21)13-7-3-5-9-15(13)20-17(22)19-11-10-12-6-2-4-8-14(12)18/h2-9H,10-11H2,1H3,(H2,19,20,22). The Hall–Kier alpha value is -2.53. The normalized spacial score (nSPS) is 10.0. The number of anilines is 1. The molecule has 0 aromatic heterocycles. The van der Waals surface area contributed by atoms with Gasteiger partial charge < -0.3 is 15.4 Å². The molecule has 0 radical (unpaired) electrons. The molecule has 0 unspecified atom stereocenters. The van der Waals surface area contributed by atoms with Gasteiger partial charge in [-0.1, -0.05) is 41.9 Å². The van der Waals surface area contributed by atoms with Crippen LogP contribution in [0.2, 0.25) is 5.02 Å². The fraction of sp³-hybridized carbons (Fsp3) is 0.176. The monoisotopic (exact) mass is 332 g/mol. The van der Waals surface area contributed by atoms with Crippen LogP contribution in [0.1, 0.15) is 15.9 Å². The van der Waals surface area contributed by atoms with Gasteiger partial charge >= 0.3 is 12.0 Å². The third-order valence-corrected chi connectivity index (χ3v) is 3.59. The first-order valence-electron chi connectivity index (χ1n) is 7.07. The summed E-state index contributed by atoms with van der Waals surface area (Å²) in [5.74, 6) is -0.503. The van der Waals surface area contributed by atoms with Crippen molar-refractivity contribution in [2.75, 3.05) is 19.0 Å². The molecule has 23 heavy (non-hydrogen) atoms. The lowest BCUT2D eigenvalue weighted by atomic mass is 10.1. The quantitative estimate of drug-likeness (QED) is 0.824. The summed E-state index contributed by atoms with van der Waals surface area (Å²) in [6.07, 6.45) is 0.617. The summed E-state index contributed by atoms with van der Waals surface area (Å²) in [5, 5.41) is 6.04. The second kappa shape index (κ2) is 8.19. The van der Waals surface area contributed by atoms with Gasteiger partial charge in [-0.25, -0.2) is 9.59 Å². The van der Waals surface area contributed by atoms with Crippen LogP contribution in [0.5, 0.6) is 0 Å². The number of esters is 1. The second-order valence-corrected chi connectivity index (χ2v) is 5.17. The summed E-state index contributed by atoms with van der Waals surface area (Å²) in [6.45, 7) is 0.427. The van der Waals surface area contributed by atoms with Gasteiger partial charge in [0.2, 0.25) is 0 Å². The number of carbonyl (C=O) groups excluding carboxylic acids is 2. The van der Waals surface area contributed by atoms with E-state index < -0.39 is 12.0 Å². The van der Waals surface area contributed by atoms with Crippen LogP contribution in [0, 0.1) is 0 Å². The van der Waals surface area contributed by atoms with Gasteiger partial charge in [0.1, 0.15) is 0 Å². The van der Waals surface area contributed by atoms with Crippen molar-refractivity contribution in [3.05, 3.63) is 64.7 Å². The Labute approximate surface area is 139 Å². The molecule has 0 spiro atoms. The topological polar surface area (TPSA) is 67.4 Å². The van der Waals surface area contributed by atoms with E-state index in [0.717, 1.165) is 5.56 Å². The van der Waals surface area contributed by atoms with E-state index in [9.17, 15) is 9.59 Å². The number of benzene rings is 2. The summed E-state index contributed by atoms with van der Waals surface area (Å²) < 4.78 is 4.69. The number of carbonyl (C=O) groups is 2. The van der Waals surface area contributed by atoms with Gasteiger partial charge in [-0.05, 0) is 30.2 Å². The van der Waals surface area contributed by atoms with Crippen molar-refractivity contribution in [2.24, 2.45) is 0 Å². The third kappa shape index (κ3) is 4.72. The number of para-hydroxylation sites is 1. The van der Waals surface area contributed by atoms with Gasteiger partial charge in [-0.2, -0.15) is 0 Å². The van der Waals surface area contributed by atoms with E-state index in [4.69, 9.17) is 11.6 Å². The number of ether oxygens (including phenoxy) is 1. The van der Waals surface area contributed by atoms with Crippen molar-refractivity contribution in [3.63, 3.8) is 0 Å². The minimum absolute atomic E-state index is 0.302. The molecule has 2 aromatic rings. The zero-order chi connectivity index (χ0) is 16.7. The van der Waals surface area contributed by atoms with Gasteiger partial charge in [-0.15, -0.1) is 0 Å². The Balaban J connectivity index is 1.91. The van der Waals surface area contributed by atoms with Gasteiger partial charge in [0.25, 0.3) is 0 Å². The molecule has 2 rings (SSSR count). The van der Waals surface area contributed by atoms with Crippen LogP contribution >= 0.6 is 11.6 Å². The van der Waals surface area contributed by atoms with Crippen LogP contribution in [-0.2, 0) is 11.2 Å². The fourth-order valence-electron chi connectivity index (χ4n) is 2.06. The number of rotatable bonds is 5. The van der Waals surface area contributed by atoms with Crippen molar-refractivity contribution in [1.82, 2.24) is 5.32 Å². The van der Waals surface area contributed by atoms with Gasteiger partial charge in [-0.3, -0.25) is 0 Å². The Morgan fingerprint density at radius 1 is 1.09 bits per heavy atom. The molecular weight excluding hydrogens is 316 g/mol. The number of amides is 2. The maximum atomic E-state index is 11.9. The van der Waals surface area contributed by atoms with Crippen LogP contribution < -0.4 is 10.6 Å². The van der Waals surface area contributed by atoms with Crippen molar-refractivity contribution in [1.29, 1.82) is 0 Å². The third-order valence-electron chi connectivity index (χ3n) is 3.22. The molecule has 0 saturated heterocycles. The number of halogens is 1. The maximum absolute atomic E-state index is 11.9. The van der Waals surface area contributed by atoms with Crippen LogP contribution in [0.4, 0.5) is 10.5 Å². The van der Waals surface area contributed by atoms with Gasteiger partial charge in [0.15, 0.2) is 0 Å². The molecule has 5 nitrogen and oxygen atoms in total. The molecule has 2 N–H and O–H groups in total. The molecule has 0 aliphatic rings. The lowest BCUT2D eigenvalue weighted by Crippen LogP contribution is -2.31. The first-order chi connectivity index (χ1) is 11.1. The lowest BCUT2D eigenvalue weighted by molar-refractivity contribution is 0.0602. The molecule has 0 saturated carbocycles. The molecule has 0 bridgehead atoms. The average molecular weight is 333 g/mol. The molecule has 0 fully saturated rings. The molecule has 0 aliphatic carbocycles. The molecule has 120 valence electrons. The summed E-state index contributed by atoms with van der Waals surface area (Å²) in [5.41, 5.74) is 1.66. The highest BCUT2D eigenvalue weighted by Gasteiger charge is 2.12. The number of hydrogen-bond donors (Lipinski definition) is 2. The molecule has 2 aromatic carbocycles. The summed E-state index contributed by atoms with van der Waals surface area (Å²) in [4.78, 5) is 23.6. The van der Waals surface area contributed by atoms with Gasteiger partial charge in [0.05, 0.1) is 18.4 Å². The maximum Gasteiger partial charge on any atom is 0.339 e. The molecule has 0 heterocycles. The fourth-order valence-corrected chi connectivity index (χ4v) is 2.29. The van der Waals surface area contributed by atoms with Gasteiger partial charge in [0, 0.05) is 11.6 Å². The second-order valence-electron chi connectivity index (χ2n) is 4.76. The average Bonchev–Trinajstić information content (AvgIpc) is 2.56. The van der Waals surface area contributed by atoms with E-state index in [-0.39, 0.29) is 0 Å². The Morgan fingerprint density at radius 3 is 2.52 bits per heavy atom. The highest BCUT2D eigenvalue weighted by Crippen LogP contribution is 2.16. The summed E-state index contributed by atoms with van der Waals surface area (Å²) >= 11 is 6.06. The van der Waals surface area contributed by atoms with Crippen molar-refractivity contribution >= 4 is 29.3 Å². The minimum Gasteiger partial charge on any atom is -0.465 e. The van der Waals surface area contributed by atoms with Crippen LogP contribution in [-0.4, -0.2) is 25.7 Å². The van der Waals surface area contributed by atoms with Crippen LogP contribution in [0.3, 0.4) is 0 Å². The first kappa shape index (κ1) is 16.8. The predicted octanol–water partition coefficient (Wildman–Crippen LogP) is 3.49. The highest BCUT2D eigenvalue weighted by atomic mass is 35.5. The highest BCUT2D eigenvalue weighted by molar-refractivity contribution is 6.31. The van der Waals surface area contributed by atoms with E-state index in [1.807, 2.05) is 24.3 Å². The number of methoxy groups -OCH3 is 1. The summed E-state index contributed by atoms with van der Waals surface area (Å²) in [7, 11) is 1.29. The largest absolute Gasteiger partial charge is 0.465 e. The Bertz CT molecular complexity index is 704. The number of urea groups is 1. The lowest BCUT2D eigenvalue weighted by Gasteiger charge is -2.11. The molecule has 0 atom stereocenters. The summed E-state index contributed by atoms with van der Waals surface area (Å²) in [6, 6.07) is 13.7. The molecule has 2 amide bonds. The number of hydrogen-bond acceptors (Lipinski definition) is 3. The molecular formula is C17H17ClN2O3. The predicted molar refractivity (Wildman–Crippen MR) is 90.0 cm³/mol. The van der Waals surface area contributed by atoms with Crippen molar-refractivity contribution in [2.45, 2.75) is 6.42 Å². The zero-order valence-electron chi connectivity index (χ0n) is 12.6.